The van der Waals surface area contributed by atoms with Crippen LogP contribution in [0.25, 0.3) is 0 Å². The van der Waals surface area contributed by atoms with Gasteiger partial charge in [0.05, 0.1) is 0 Å². The number of hydrogen-bond acceptors (Lipinski definition) is 1. The quantitative estimate of drug-likeness (QED) is 0.440. The minimum Gasteiger partial charge on any atom is -0.292 e. The largest absolute Gasteiger partial charge is 0.292 e. The van der Waals surface area contributed by atoms with E-state index >= 15 is 0 Å². The lowest BCUT2D eigenvalue weighted by atomic mass is 10.4. The van der Waals surface area contributed by atoms with Crippen molar-refractivity contribution in [3.05, 3.63) is 12.7 Å². The van der Waals surface area contributed by atoms with E-state index < -0.39 is 12.4 Å². The summed E-state index contributed by atoms with van der Waals surface area (Å²) in [6.45, 7) is 2.40. The van der Waals surface area contributed by atoms with Crippen LogP contribution in [0, 0.1) is 0 Å². The van der Waals surface area contributed by atoms with Gasteiger partial charge in [-0.05, 0) is 6.08 Å². The summed E-state index contributed by atoms with van der Waals surface area (Å²) in [4.78, 5) is 9.75. The van der Waals surface area contributed by atoms with Crippen molar-refractivity contribution in [2.24, 2.45) is 0 Å². The Bertz CT molecular complexity index is 65.9. The van der Waals surface area contributed by atoms with Crippen LogP contribution in [0.15, 0.2) is 12.7 Å². The molecule has 0 bridgehead atoms. The Labute approximate surface area is 36.1 Å². The average Bonchev–Trinajstić information content (AvgIpc) is 1.65. The van der Waals surface area contributed by atoms with Crippen LogP contribution >= 0.6 is 0 Å². The van der Waals surface area contributed by atoms with Gasteiger partial charge in [-0.25, -0.2) is 5.11 Å². The van der Waals surface area contributed by atoms with E-state index in [0.717, 1.165) is 6.08 Å². The van der Waals surface area contributed by atoms with E-state index in [1.54, 1.807) is 0 Å². The second kappa shape index (κ2) is 2.60. The summed E-state index contributed by atoms with van der Waals surface area (Å²) in [5.41, 5.74) is 0. The third kappa shape index (κ3) is 1.67. The second-order valence-electron chi connectivity index (χ2n) is 0.815. The van der Waals surface area contributed by atoms with Crippen LogP contribution in [0.4, 0.5) is 0 Å². The Balaban J connectivity index is 3.23. The van der Waals surface area contributed by atoms with Gasteiger partial charge in [0.15, 0.2) is 5.78 Å². The first-order valence-electron chi connectivity index (χ1n) is 1.54. The topological polar surface area (TPSA) is 37.0 Å². The van der Waals surface area contributed by atoms with Crippen LogP contribution in [0.3, 0.4) is 0 Å². The van der Waals surface area contributed by atoms with E-state index in [-0.39, 0.29) is 0 Å². The maximum absolute atomic E-state index is 9.75. The lowest BCUT2D eigenvalue weighted by molar-refractivity contribution is -0.118. The highest BCUT2D eigenvalue weighted by Gasteiger charge is 1.85. The van der Waals surface area contributed by atoms with Crippen LogP contribution in [0.5, 0.6) is 0 Å². The molecule has 0 aromatic carbocycles. The molecule has 0 saturated heterocycles. The zero-order valence-electron chi connectivity index (χ0n) is 3.31. The summed E-state index contributed by atoms with van der Waals surface area (Å²) in [7, 11) is 0. The highest BCUT2D eigenvalue weighted by Crippen LogP contribution is 1.65. The SMILES string of the molecule is C=CC(=O)C[O]. The van der Waals surface area contributed by atoms with Crippen LogP contribution in [-0.4, -0.2) is 12.4 Å². The molecule has 2 nitrogen and oxygen atoms in total. The normalized spacial score (nSPS) is 7.50. The lowest BCUT2D eigenvalue weighted by Crippen LogP contribution is -1.94. The molecule has 33 valence electrons. The van der Waals surface area contributed by atoms with E-state index in [1.165, 1.54) is 0 Å². The minimum atomic E-state index is -0.677. The number of rotatable bonds is 2. The summed E-state index contributed by atoms with van der Waals surface area (Å²) in [5, 5.41) is 9.44. The van der Waals surface area contributed by atoms with Crippen molar-refractivity contribution < 1.29 is 9.90 Å². The fourth-order valence-electron chi connectivity index (χ4n) is 0.0589. The first-order valence-corrected chi connectivity index (χ1v) is 1.54. The third-order valence-corrected chi connectivity index (χ3v) is 0.370. The van der Waals surface area contributed by atoms with Crippen molar-refractivity contribution in [1.82, 2.24) is 0 Å². The van der Waals surface area contributed by atoms with E-state index in [2.05, 4.69) is 6.58 Å². The molecule has 2 heteroatoms. The molecule has 0 rings (SSSR count). The molecule has 0 spiro atoms. The molecule has 0 aromatic rings. The van der Waals surface area contributed by atoms with Gasteiger partial charge in [0.25, 0.3) is 0 Å². The highest BCUT2D eigenvalue weighted by molar-refractivity contribution is 5.89. The molecule has 0 N–H and O–H groups in total. The molecule has 0 atom stereocenters. The van der Waals surface area contributed by atoms with Crippen LogP contribution in [-0.2, 0) is 9.90 Å². The molecule has 0 heterocycles. The number of carbonyl (C=O) groups excluding carboxylic acids is 1. The zero-order chi connectivity index (χ0) is 4.99. The predicted molar refractivity (Wildman–Crippen MR) is 20.8 cm³/mol. The molecule has 0 aliphatic rings. The molecule has 0 aliphatic heterocycles. The maximum atomic E-state index is 9.75. The summed E-state index contributed by atoms with van der Waals surface area (Å²) >= 11 is 0. The predicted octanol–water partition coefficient (Wildman–Crippen LogP) is 0.172. The number of hydrogen-bond donors (Lipinski definition) is 0. The van der Waals surface area contributed by atoms with Crippen LogP contribution in [0.1, 0.15) is 0 Å². The van der Waals surface area contributed by atoms with Crippen molar-refractivity contribution >= 4 is 5.78 Å². The summed E-state index contributed by atoms with van der Waals surface area (Å²) in [5.74, 6) is -0.449. The van der Waals surface area contributed by atoms with Gasteiger partial charge in [-0.1, -0.05) is 6.58 Å². The molecule has 0 aliphatic carbocycles. The van der Waals surface area contributed by atoms with E-state index in [4.69, 9.17) is 0 Å². The summed E-state index contributed by atoms with van der Waals surface area (Å²) < 4.78 is 0. The molecule has 1 radical (unpaired) electrons. The number of carbonyl (C=O) groups is 1. The molecular formula is C4H5O2. The van der Waals surface area contributed by atoms with E-state index in [0.29, 0.717) is 0 Å². The van der Waals surface area contributed by atoms with Crippen LogP contribution in [0.2, 0.25) is 0 Å². The van der Waals surface area contributed by atoms with Gasteiger partial charge < -0.3 is 0 Å². The molecule has 0 fully saturated rings. The third-order valence-electron chi connectivity index (χ3n) is 0.370. The fourth-order valence-corrected chi connectivity index (χ4v) is 0.0589. The molecule has 6 heavy (non-hydrogen) atoms. The molecule has 0 saturated carbocycles. The highest BCUT2D eigenvalue weighted by atomic mass is 16.3. The van der Waals surface area contributed by atoms with Crippen molar-refractivity contribution in [2.75, 3.05) is 6.61 Å². The first kappa shape index (κ1) is 5.37. The second-order valence-corrected chi connectivity index (χ2v) is 0.815. The smallest absolute Gasteiger partial charge is 0.184 e. The summed E-state index contributed by atoms with van der Waals surface area (Å²) in [6, 6.07) is 0. The Morgan fingerprint density at radius 3 is 2.33 bits per heavy atom. The monoisotopic (exact) mass is 85.0 g/mol. The van der Waals surface area contributed by atoms with Gasteiger partial charge in [0, 0.05) is 0 Å². The first-order chi connectivity index (χ1) is 2.81. The molecule has 0 aromatic heterocycles. The van der Waals surface area contributed by atoms with E-state index in [9.17, 15) is 9.90 Å². The van der Waals surface area contributed by atoms with Gasteiger partial charge in [0.1, 0.15) is 6.61 Å². The standard InChI is InChI=1S/C4H5O2/c1-2-4(6)3-5/h2H,1,3H2. The average molecular weight is 85.1 g/mol. The lowest BCUT2D eigenvalue weighted by Gasteiger charge is -1.72. The minimum absolute atomic E-state index is 0.449. The Morgan fingerprint density at radius 1 is 1.83 bits per heavy atom. The Morgan fingerprint density at radius 2 is 2.33 bits per heavy atom. The van der Waals surface area contributed by atoms with Gasteiger partial charge in [-0.15, -0.1) is 0 Å². The Kier molecular flexibility index (Phi) is 2.33. The van der Waals surface area contributed by atoms with Gasteiger partial charge in [0.2, 0.25) is 0 Å². The van der Waals surface area contributed by atoms with E-state index in [1.807, 2.05) is 0 Å². The molecular weight excluding hydrogens is 80.0 g/mol. The van der Waals surface area contributed by atoms with Crippen molar-refractivity contribution in [3.63, 3.8) is 0 Å². The molecule has 0 amide bonds. The van der Waals surface area contributed by atoms with Crippen molar-refractivity contribution in [2.45, 2.75) is 0 Å². The van der Waals surface area contributed by atoms with Crippen molar-refractivity contribution in [3.8, 4) is 0 Å². The van der Waals surface area contributed by atoms with Crippen LogP contribution < -0.4 is 0 Å². The maximum Gasteiger partial charge on any atom is 0.184 e. The van der Waals surface area contributed by atoms with Gasteiger partial charge in [-0.3, -0.25) is 4.79 Å². The number of ketones is 1. The van der Waals surface area contributed by atoms with Gasteiger partial charge in [-0.2, -0.15) is 0 Å². The summed E-state index contributed by atoms with van der Waals surface area (Å²) in [6.07, 6.45) is 1.02. The Hall–Kier alpha value is -0.630. The van der Waals surface area contributed by atoms with Crippen molar-refractivity contribution in [1.29, 1.82) is 0 Å². The van der Waals surface area contributed by atoms with Gasteiger partial charge >= 0.3 is 0 Å². The fraction of sp³-hybridized carbons (Fsp3) is 0.250. The zero-order valence-corrected chi connectivity index (χ0v) is 3.31. The molecule has 0 unspecified atom stereocenters.